The van der Waals surface area contributed by atoms with Gasteiger partial charge in [-0.2, -0.15) is 5.10 Å². The van der Waals surface area contributed by atoms with Crippen LogP contribution in [0.1, 0.15) is 37.6 Å². The van der Waals surface area contributed by atoms with E-state index >= 15 is 0 Å². The number of likely N-dealkylation sites (tertiary alicyclic amines) is 1. The molecule has 1 aromatic carbocycles. The highest BCUT2D eigenvalue weighted by molar-refractivity contribution is 5.89. The van der Waals surface area contributed by atoms with Gasteiger partial charge in [-0.15, -0.1) is 0 Å². The first-order valence-corrected chi connectivity index (χ1v) is 13.0. The molecule has 186 valence electrons. The first-order valence-electron chi connectivity index (χ1n) is 13.0. The Labute approximate surface area is 208 Å². The summed E-state index contributed by atoms with van der Waals surface area (Å²) in [4.78, 5) is 24.6. The van der Waals surface area contributed by atoms with Crippen LogP contribution in [0.25, 0.3) is 21.9 Å². The van der Waals surface area contributed by atoms with E-state index in [9.17, 15) is 4.79 Å². The number of hydrogen-bond donors (Lipinski definition) is 0. The number of hydrogen-bond acceptors (Lipinski definition) is 6. The number of aromatic nitrogens is 3. The summed E-state index contributed by atoms with van der Waals surface area (Å²) in [5.74, 6) is 0.237. The molecule has 2 aliphatic rings. The van der Waals surface area contributed by atoms with Crippen molar-refractivity contribution in [1.29, 1.82) is 0 Å². The lowest BCUT2D eigenvalue weighted by atomic mass is 10.0. The number of nitrogens with zero attached hydrogens (tertiary/aromatic N) is 6. The fraction of sp³-hybridized carbons (Fsp3) is 0.536. The number of piperazine rings is 1. The van der Waals surface area contributed by atoms with Crippen molar-refractivity contribution in [3.63, 3.8) is 0 Å². The van der Waals surface area contributed by atoms with Crippen molar-refractivity contribution in [1.82, 2.24) is 29.5 Å². The molecule has 0 N–H and O–H groups in total. The minimum atomic E-state index is 0.237. The van der Waals surface area contributed by atoms with Gasteiger partial charge in [0.15, 0.2) is 5.78 Å². The predicted molar refractivity (Wildman–Crippen MR) is 140 cm³/mol. The van der Waals surface area contributed by atoms with Crippen molar-refractivity contribution in [3.05, 3.63) is 48.0 Å². The van der Waals surface area contributed by atoms with Crippen molar-refractivity contribution < 1.29 is 4.79 Å². The third kappa shape index (κ3) is 5.63. The molecule has 7 nitrogen and oxygen atoms in total. The maximum absolute atomic E-state index is 12.9. The molecular formula is C28H38N6O. The van der Waals surface area contributed by atoms with Gasteiger partial charge in [-0.3, -0.25) is 24.3 Å². The topological polar surface area (TPSA) is 57.5 Å². The molecule has 0 amide bonds. The van der Waals surface area contributed by atoms with E-state index in [1.54, 1.807) is 0 Å². The van der Waals surface area contributed by atoms with Gasteiger partial charge in [0.25, 0.3) is 0 Å². The maximum Gasteiger partial charge on any atom is 0.152 e. The molecule has 2 aliphatic heterocycles. The molecule has 4 heterocycles. The Morgan fingerprint density at radius 2 is 1.83 bits per heavy atom. The van der Waals surface area contributed by atoms with Crippen molar-refractivity contribution in [2.45, 2.75) is 45.2 Å². The molecular weight excluding hydrogens is 436 g/mol. The molecule has 2 aromatic heterocycles. The standard InChI is InChI=1S/C28H38N6O/c1-21-18-31(2)11-12-34(21)19-26(35)15-25-14-24-13-22(7-8-23(24)16-29-25)27-17-30-32(3)28(27)20-33-9-5-4-6-10-33/h7-8,13-14,16-17,21H,4-6,9-12,15,18-20H2,1-3H3/t21-/m0/s1. The van der Waals surface area contributed by atoms with Crippen LogP contribution in [0.15, 0.2) is 36.7 Å². The second-order valence-corrected chi connectivity index (χ2v) is 10.5. The predicted octanol–water partition coefficient (Wildman–Crippen LogP) is 3.37. The quantitative estimate of drug-likeness (QED) is 0.523. The van der Waals surface area contributed by atoms with Gasteiger partial charge in [0.05, 0.1) is 24.9 Å². The molecule has 0 spiro atoms. The van der Waals surface area contributed by atoms with Crippen LogP contribution in [0.2, 0.25) is 0 Å². The van der Waals surface area contributed by atoms with Crippen LogP contribution in [0.3, 0.4) is 0 Å². The number of Topliss-reactive ketones (excluding diaryl/α,β-unsaturated/α-hetero) is 1. The first kappa shape index (κ1) is 24.1. The molecule has 35 heavy (non-hydrogen) atoms. The van der Waals surface area contributed by atoms with Crippen molar-refractivity contribution in [3.8, 4) is 11.1 Å². The van der Waals surface area contributed by atoms with E-state index in [0.29, 0.717) is 19.0 Å². The summed E-state index contributed by atoms with van der Waals surface area (Å²) < 4.78 is 2.02. The number of benzene rings is 1. The van der Waals surface area contributed by atoms with E-state index in [0.717, 1.165) is 55.7 Å². The number of rotatable bonds is 7. The Morgan fingerprint density at radius 1 is 1.00 bits per heavy atom. The molecule has 0 bridgehead atoms. The summed E-state index contributed by atoms with van der Waals surface area (Å²) in [6, 6.07) is 9.02. The SMILES string of the molecule is C[C@H]1CN(C)CCN1CC(=O)Cc1cc2cc(-c3cnn(C)c3CN3CCCCC3)ccc2cn1. The Morgan fingerprint density at radius 3 is 2.63 bits per heavy atom. The lowest BCUT2D eigenvalue weighted by Gasteiger charge is -2.37. The van der Waals surface area contributed by atoms with Crippen LogP contribution < -0.4 is 0 Å². The zero-order chi connectivity index (χ0) is 24.4. The molecule has 0 aliphatic carbocycles. The number of aryl methyl sites for hydroxylation is 1. The first-order chi connectivity index (χ1) is 17.0. The summed E-state index contributed by atoms with van der Waals surface area (Å²) in [7, 11) is 4.18. The number of pyridine rings is 1. The van der Waals surface area contributed by atoms with Crippen LogP contribution in [0.4, 0.5) is 0 Å². The van der Waals surface area contributed by atoms with Gasteiger partial charge in [0, 0.05) is 62.1 Å². The summed E-state index contributed by atoms with van der Waals surface area (Å²) in [5, 5.41) is 6.81. The monoisotopic (exact) mass is 474 g/mol. The Hall–Kier alpha value is -2.61. The lowest BCUT2D eigenvalue weighted by molar-refractivity contribution is -0.120. The van der Waals surface area contributed by atoms with E-state index < -0.39 is 0 Å². The van der Waals surface area contributed by atoms with Gasteiger partial charge < -0.3 is 4.90 Å². The highest BCUT2D eigenvalue weighted by Gasteiger charge is 2.23. The zero-order valence-corrected chi connectivity index (χ0v) is 21.4. The number of carbonyl (C=O) groups excluding carboxylic acids is 1. The Bertz CT molecular complexity index is 1180. The third-order valence-electron chi connectivity index (χ3n) is 7.70. The van der Waals surface area contributed by atoms with Gasteiger partial charge in [-0.05, 0) is 63.0 Å². The molecule has 0 unspecified atom stereocenters. The molecule has 5 rings (SSSR count). The number of fused-ring (bicyclic) bond motifs is 1. The van der Waals surface area contributed by atoms with Crippen LogP contribution in [0, 0.1) is 0 Å². The van der Waals surface area contributed by atoms with Gasteiger partial charge in [0.1, 0.15) is 0 Å². The van der Waals surface area contributed by atoms with Gasteiger partial charge in [0.2, 0.25) is 0 Å². The second-order valence-electron chi connectivity index (χ2n) is 10.5. The van der Waals surface area contributed by atoms with E-state index in [4.69, 9.17) is 0 Å². The fourth-order valence-corrected chi connectivity index (χ4v) is 5.57. The minimum Gasteiger partial charge on any atom is -0.304 e. The highest BCUT2D eigenvalue weighted by atomic mass is 16.1. The van der Waals surface area contributed by atoms with Crippen molar-refractivity contribution in [2.75, 3.05) is 46.3 Å². The number of ketones is 1. The van der Waals surface area contributed by atoms with Crippen LogP contribution >= 0.6 is 0 Å². The summed E-state index contributed by atoms with van der Waals surface area (Å²) in [6.45, 7) is 8.95. The van der Waals surface area contributed by atoms with E-state index in [2.05, 4.69) is 63.0 Å². The molecule has 3 aromatic rings. The second kappa shape index (κ2) is 10.6. The van der Waals surface area contributed by atoms with Gasteiger partial charge in [-0.25, -0.2) is 0 Å². The maximum atomic E-state index is 12.9. The smallest absolute Gasteiger partial charge is 0.152 e. The fourth-order valence-electron chi connectivity index (χ4n) is 5.57. The Kier molecular flexibility index (Phi) is 7.27. The molecule has 7 heteroatoms. The molecule has 2 fully saturated rings. The van der Waals surface area contributed by atoms with Crippen molar-refractivity contribution in [2.24, 2.45) is 7.05 Å². The van der Waals surface area contributed by atoms with Crippen LogP contribution in [-0.2, 0) is 24.8 Å². The van der Waals surface area contributed by atoms with Crippen LogP contribution in [0.5, 0.6) is 0 Å². The normalized spacial score (nSPS) is 20.5. The lowest BCUT2D eigenvalue weighted by Crippen LogP contribution is -2.52. The Balaban J connectivity index is 1.32. The highest BCUT2D eigenvalue weighted by Crippen LogP contribution is 2.28. The van der Waals surface area contributed by atoms with E-state index in [-0.39, 0.29) is 5.78 Å². The third-order valence-corrected chi connectivity index (χ3v) is 7.70. The molecule has 0 radical (unpaired) electrons. The van der Waals surface area contributed by atoms with Gasteiger partial charge >= 0.3 is 0 Å². The molecule has 1 atom stereocenters. The number of likely N-dealkylation sites (N-methyl/N-ethyl adjacent to an activating group) is 1. The number of piperidine rings is 1. The van der Waals surface area contributed by atoms with Crippen LogP contribution in [-0.4, -0.2) is 87.6 Å². The summed E-state index contributed by atoms with van der Waals surface area (Å²) >= 11 is 0. The largest absolute Gasteiger partial charge is 0.304 e. The minimum absolute atomic E-state index is 0.237. The molecule has 2 saturated heterocycles. The van der Waals surface area contributed by atoms with Crippen molar-refractivity contribution >= 4 is 16.6 Å². The van der Waals surface area contributed by atoms with E-state index in [1.165, 1.54) is 36.1 Å². The van der Waals surface area contributed by atoms with Gasteiger partial charge in [-0.1, -0.05) is 18.6 Å². The number of carbonyl (C=O) groups is 1. The average molecular weight is 475 g/mol. The summed E-state index contributed by atoms with van der Waals surface area (Å²) in [6.07, 6.45) is 8.18. The summed E-state index contributed by atoms with van der Waals surface area (Å²) in [5.41, 5.74) is 4.48. The molecule has 0 saturated carbocycles. The zero-order valence-electron chi connectivity index (χ0n) is 21.4. The van der Waals surface area contributed by atoms with E-state index in [1.807, 2.05) is 24.1 Å². The average Bonchev–Trinajstić information content (AvgIpc) is 3.21.